The van der Waals surface area contributed by atoms with Crippen LogP contribution in [-0.2, 0) is 21.2 Å². The van der Waals surface area contributed by atoms with Crippen LogP contribution in [0.2, 0.25) is 4.34 Å². The van der Waals surface area contributed by atoms with Crippen molar-refractivity contribution in [3.63, 3.8) is 0 Å². The van der Waals surface area contributed by atoms with Crippen molar-refractivity contribution >= 4 is 44.9 Å². The Kier molecular flexibility index (Phi) is 6.16. The molecule has 1 aromatic carbocycles. The minimum absolute atomic E-state index is 0.0480. The number of carbonyl (C=O) groups is 1. The van der Waals surface area contributed by atoms with Crippen LogP contribution in [0.3, 0.4) is 0 Å². The van der Waals surface area contributed by atoms with Crippen LogP contribution in [0.5, 0.6) is 0 Å². The molecule has 3 aromatic rings. The molecule has 1 fully saturated rings. The summed E-state index contributed by atoms with van der Waals surface area (Å²) in [6.45, 7) is 4.30. The molecule has 3 heterocycles. The molecule has 0 saturated carbocycles. The molecule has 2 aromatic heterocycles. The van der Waals surface area contributed by atoms with Gasteiger partial charge in [0, 0.05) is 6.54 Å². The fourth-order valence-electron chi connectivity index (χ4n) is 3.61. The average Bonchev–Trinajstić information content (AvgIpc) is 3.45. The van der Waals surface area contributed by atoms with E-state index in [1.54, 1.807) is 0 Å². The Morgan fingerprint density at radius 3 is 2.81 bits per heavy atom. The molecule has 1 unspecified atom stereocenters. The van der Waals surface area contributed by atoms with E-state index >= 15 is 0 Å². The third kappa shape index (κ3) is 4.67. The van der Waals surface area contributed by atoms with E-state index in [4.69, 9.17) is 16.0 Å². The van der Waals surface area contributed by atoms with Gasteiger partial charge in [0.25, 0.3) is 10.0 Å². The summed E-state index contributed by atoms with van der Waals surface area (Å²) >= 11 is 6.85. The van der Waals surface area contributed by atoms with E-state index < -0.39 is 22.0 Å². The van der Waals surface area contributed by atoms with Crippen LogP contribution in [0.15, 0.2) is 39.0 Å². The molecule has 8 nitrogen and oxygen atoms in total. The third-order valence-corrected chi connectivity index (χ3v) is 8.76. The largest absolute Gasteiger partial charge is 0.407 e. The lowest BCUT2D eigenvalue weighted by Crippen LogP contribution is -2.42. The standard InChI is InChI=1S/C20H21ClN4O4S2/c1-12-5-6-14(13(2)10-12)11-17-23-24-20(29-17)22-19(26)15-4-3-9-25(15)31(27,28)18-8-7-16(21)30-18/h5-8,10,15H,3-4,9,11H2,1-2H3,(H,22,24,26). The Hall–Kier alpha value is -2.27. The summed E-state index contributed by atoms with van der Waals surface area (Å²) in [6.07, 6.45) is 1.43. The minimum Gasteiger partial charge on any atom is -0.407 e. The Morgan fingerprint density at radius 2 is 2.10 bits per heavy atom. The smallest absolute Gasteiger partial charge is 0.322 e. The zero-order valence-corrected chi connectivity index (χ0v) is 19.4. The molecule has 0 spiro atoms. The molecular weight excluding hydrogens is 460 g/mol. The van der Waals surface area contributed by atoms with E-state index in [1.165, 1.54) is 22.0 Å². The minimum atomic E-state index is -3.81. The number of halogens is 1. The van der Waals surface area contributed by atoms with Crippen molar-refractivity contribution in [3.05, 3.63) is 57.2 Å². The topological polar surface area (TPSA) is 105 Å². The SMILES string of the molecule is Cc1ccc(Cc2nnc(NC(=O)C3CCCN3S(=O)(=O)c3ccc(Cl)s3)o2)c(C)c1. The van der Waals surface area contributed by atoms with Crippen LogP contribution in [0.1, 0.15) is 35.4 Å². The van der Waals surface area contributed by atoms with Crippen molar-refractivity contribution in [3.8, 4) is 0 Å². The van der Waals surface area contributed by atoms with Crippen LogP contribution in [0.25, 0.3) is 0 Å². The van der Waals surface area contributed by atoms with Crippen LogP contribution in [-0.4, -0.2) is 41.4 Å². The Bertz CT molecular complexity index is 1220. The quantitative estimate of drug-likeness (QED) is 0.575. The van der Waals surface area contributed by atoms with Gasteiger partial charge in [0.05, 0.1) is 10.8 Å². The van der Waals surface area contributed by atoms with Gasteiger partial charge in [-0.25, -0.2) is 8.42 Å². The molecule has 1 saturated heterocycles. The number of aromatic nitrogens is 2. The first-order valence-electron chi connectivity index (χ1n) is 9.70. The zero-order valence-electron chi connectivity index (χ0n) is 17.0. The third-order valence-electron chi connectivity index (χ3n) is 5.15. The molecule has 1 aliphatic heterocycles. The van der Waals surface area contributed by atoms with Crippen molar-refractivity contribution in [2.45, 2.75) is 43.4 Å². The normalized spacial score (nSPS) is 17.2. The maximum atomic E-state index is 12.9. The van der Waals surface area contributed by atoms with E-state index in [9.17, 15) is 13.2 Å². The highest BCUT2D eigenvalue weighted by atomic mass is 35.5. The van der Waals surface area contributed by atoms with Gasteiger partial charge in [0.15, 0.2) is 0 Å². The van der Waals surface area contributed by atoms with Gasteiger partial charge in [-0.15, -0.1) is 16.4 Å². The van der Waals surface area contributed by atoms with Crippen molar-refractivity contribution < 1.29 is 17.6 Å². The van der Waals surface area contributed by atoms with Gasteiger partial charge in [-0.1, -0.05) is 40.5 Å². The number of rotatable bonds is 6. The van der Waals surface area contributed by atoms with E-state index in [1.807, 2.05) is 26.0 Å². The summed E-state index contributed by atoms with van der Waals surface area (Å²) in [5.41, 5.74) is 3.33. The number of thiophene rings is 1. The number of hydrogen-bond acceptors (Lipinski definition) is 7. The molecule has 1 aliphatic rings. The molecular formula is C20H21ClN4O4S2. The van der Waals surface area contributed by atoms with E-state index in [2.05, 4.69) is 21.6 Å². The van der Waals surface area contributed by atoms with Gasteiger partial charge in [0.2, 0.25) is 11.8 Å². The molecule has 0 radical (unpaired) electrons. The second kappa shape index (κ2) is 8.70. The number of nitrogens with zero attached hydrogens (tertiary/aromatic N) is 3. The van der Waals surface area contributed by atoms with Crippen molar-refractivity contribution in [2.75, 3.05) is 11.9 Å². The number of hydrogen-bond donors (Lipinski definition) is 1. The molecule has 4 rings (SSSR count). The highest BCUT2D eigenvalue weighted by Crippen LogP contribution is 2.32. The molecule has 0 bridgehead atoms. The molecule has 11 heteroatoms. The first-order chi connectivity index (χ1) is 14.7. The second-order valence-corrected chi connectivity index (χ2v) is 11.3. The lowest BCUT2D eigenvalue weighted by Gasteiger charge is -2.21. The summed E-state index contributed by atoms with van der Waals surface area (Å²) < 4.78 is 33.1. The molecule has 1 atom stereocenters. The van der Waals surface area contributed by atoms with Crippen LogP contribution >= 0.6 is 22.9 Å². The first kappa shape index (κ1) is 21.9. The van der Waals surface area contributed by atoms with Crippen molar-refractivity contribution in [2.24, 2.45) is 0 Å². The number of sulfonamides is 1. The fourth-order valence-corrected chi connectivity index (χ4v) is 6.88. The summed E-state index contributed by atoms with van der Waals surface area (Å²) in [6, 6.07) is 8.17. The van der Waals surface area contributed by atoms with E-state index in [0.29, 0.717) is 29.5 Å². The monoisotopic (exact) mass is 480 g/mol. The van der Waals surface area contributed by atoms with Gasteiger partial charge in [-0.05, 0) is 49.9 Å². The molecule has 164 valence electrons. The van der Waals surface area contributed by atoms with Gasteiger partial charge >= 0.3 is 6.01 Å². The van der Waals surface area contributed by atoms with Crippen LogP contribution < -0.4 is 5.32 Å². The zero-order chi connectivity index (χ0) is 22.2. The predicted molar refractivity (Wildman–Crippen MR) is 118 cm³/mol. The number of aryl methyl sites for hydroxylation is 2. The highest BCUT2D eigenvalue weighted by Gasteiger charge is 2.40. The number of benzene rings is 1. The predicted octanol–water partition coefficient (Wildman–Crippen LogP) is 3.78. The van der Waals surface area contributed by atoms with Crippen LogP contribution in [0, 0.1) is 13.8 Å². The van der Waals surface area contributed by atoms with Gasteiger partial charge in [-0.2, -0.15) is 4.31 Å². The van der Waals surface area contributed by atoms with Crippen LogP contribution in [0.4, 0.5) is 6.01 Å². The maximum absolute atomic E-state index is 12.9. The number of nitrogens with one attached hydrogen (secondary N) is 1. The maximum Gasteiger partial charge on any atom is 0.322 e. The summed E-state index contributed by atoms with van der Waals surface area (Å²) in [5, 5.41) is 10.4. The lowest BCUT2D eigenvalue weighted by atomic mass is 10.0. The average molecular weight is 481 g/mol. The Morgan fingerprint density at radius 1 is 1.29 bits per heavy atom. The summed E-state index contributed by atoms with van der Waals surface area (Å²) in [7, 11) is -3.81. The van der Waals surface area contributed by atoms with Crippen molar-refractivity contribution in [1.29, 1.82) is 0 Å². The van der Waals surface area contributed by atoms with E-state index in [0.717, 1.165) is 22.5 Å². The molecule has 31 heavy (non-hydrogen) atoms. The number of amides is 1. The van der Waals surface area contributed by atoms with Gasteiger partial charge in [0.1, 0.15) is 10.3 Å². The lowest BCUT2D eigenvalue weighted by molar-refractivity contribution is -0.119. The highest BCUT2D eigenvalue weighted by molar-refractivity contribution is 7.91. The van der Waals surface area contributed by atoms with Gasteiger partial charge in [-0.3, -0.25) is 10.1 Å². The first-order valence-corrected chi connectivity index (χ1v) is 12.3. The number of carbonyl (C=O) groups excluding carboxylic acids is 1. The fraction of sp³-hybridized carbons (Fsp3) is 0.350. The molecule has 1 N–H and O–H groups in total. The van der Waals surface area contributed by atoms with E-state index in [-0.39, 0.29) is 16.8 Å². The van der Waals surface area contributed by atoms with Gasteiger partial charge < -0.3 is 4.42 Å². The molecule has 0 aliphatic carbocycles. The Balaban J connectivity index is 1.45. The van der Waals surface area contributed by atoms with Crippen molar-refractivity contribution in [1.82, 2.24) is 14.5 Å². The summed E-state index contributed by atoms with van der Waals surface area (Å²) in [5.74, 6) is -0.128. The summed E-state index contributed by atoms with van der Waals surface area (Å²) in [4.78, 5) is 12.8. The second-order valence-electron chi connectivity index (χ2n) is 7.43. The molecule has 1 amide bonds. The Labute approximate surface area is 189 Å². The number of anilines is 1.